The van der Waals surface area contributed by atoms with Gasteiger partial charge in [-0.15, -0.1) is 0 Å². The highest BCUT2D eigenvalue weighted by Crippen LogP contribution is 2.20. The smallest absolute Gasteiger partial charge is 0.229 e. The normalized spacial score (nSPS) is 10.4. The van der Waals surface area contributed by atoms with E-state index >= 15 is 0 Å². The fraction of sp³-hybridized carbons (Fsp3) is 0.273. The van der Waals surface area contributed by atoms with E-state index in [1.54, 1.807) is 7.11 Å². The molecule has 1 aromatic heterocycles. The largest absolute Gasteiger partial charge is 0.496 e. The van der Waals surface area contributed by atoms with Crippen molar-refractivity contribution in [3.8, 4) is 11.5 Å². The minimum atomic E-state index is 0.559. The molecule has 0 spiro atoms. The molecule has 6 nitrogen and oxygen atoms in total. The SMILES string of the molecule is CCOc1ccc(Nc2nc(C)cc(NCCc3ccccc3OC)n2)cc1. The topological polar surface area (TPSA) is 68.3 Å². The first-order valence-corrected chi connectivity index (χ1v) is 9.39. The van der Waals surface area contributed by atoms with E-state index in [9.17, 15) is 0 Å². The van der Waals surface area contributed by atoms with Gasteiger partial charge in [-0.2, -0.15) is 4.98 Å². The first kappa shape index (κ1) is 19.5. The zero-order chi connectivity index (χ0) is 19.8. The lowest BCUT2D eigenvalue weighted by Crippen LogP contribution is -2.09. The van der Waals surface area contributed by atoms with Gasteiger partial charge in [0, 0.05) is 24.0 Å². The third-order valence-electron chi connectivity index (χ3n) is 4.17. The molecule has 0 aliphatic heterocycles. The molecule has 0 aliphatic rings. The summed E-state index contributed by atoms with van der Waals surface area (Å²) in [6, 6.07) is 17.7. The van der Waals surface area contributed by atoms with Crippen molar-refractivity contribution in [2.24, 2.45) is 0 Å². The van der Waals surface area contributed by atoms with Crippen molar-refractivity contribution in [2.75, 3.05) is 30.9 Å². The maximum atomic E-state index is 5.47. The number of nitrogens with one attached hydrogen (secondary N) is 2. The van der Waals surface area contributed by atoms with Crippen LogP contribution in [0, 0.1) is 6.92 Å². The third-order valence-corrected chi connectivity index (χ3v) is 4.17. The number of hydrogen-bond donors (Lipinski definition) is 2. The average molecular weight is 378 g/mol. The summed E-state index contributed by atoms with van der Waals surface area (Å²) in [5, 5.41) is 6.61. The van der Waals surface area contributed by atoms with Crippen LogP contribution in [0.2, 0.25) is 0 Å². The van der Waals surface area contributed by atoms with Crippen molar-refractivity contribution in [3.05, 3.63) is 65.9 Å². The molecule has 3 aromatic rings. The molecular formula is C22H26N4O2. The maximum absolute atomic E-state index is 5.47. The summed E-state index contributed by atoms with van der Waals surface area (Å²) in [6.07, 6.45) is 0.842. The van der Waals surface area contributed by atoms with Crippen molar-refractivity contribution in [1.82, 2.24) is 9.97 Å². The van der Waals surface area contributed by atoms with Crippen molar-refractivity contribution in [2.45, 2.75) is 20.3 Å². The van der Waals surface area contributed by atoms with Crippen molar-refractivity contribution in [1.29, 1.82) is 0 Å². The fourth-order valence-corrected chi connectivity index (χ4v) is 2.88. The zero-order valence-electron chi connectivity index (χ0n) is 16.5. The number of ether oxygens (including phenoxy) is 2. The van der Waals surface area contributed by atoms with Gasteiger partial charge in [-0.1, -0.05) is 18.2 Å². The summed E-state index contributed by atoms with van der Waals surface area (Å²) in [4.78, 5) is 9.03. The maximum Gasteiger partial charge on any atom is 0.229 e. The van der Waals surface area contributed by atoms with Gasteiger partial charge in [-0.3, -0.25) is 0 Å². The Bertz CT molecular complexity index is 897. The number of benzene rings is 2. The van der Waals surface area contributed by atoms with Gasteiger partial charge in [-0.05, 0) is 56.2 Å². The number of aryl methyl sites for hydroxylation is 1. The monoisotopic (exact) mass is 378 g/mol. The molecule has 28 heavy (non-hydrogen) atoms. The van der Waals surface area contributed by atoms with Gasteiger partial charge in [0.1, 0.15) is 17.3 Å². The lowest BCUT2D eigenvalue weighted by Gasteiger charge is -2.12. The highest BCUT2D eigenvalue weighted by molar-refractivity contribution is 5.56. The molecule has 0 saturated heterocycles. The molecule has 0 saturated carbocycles. The Labute approximate surface area is 166 Å². The van der Waals surface area contributed by atoms with Crippen molar-refractivity contribution >= 4 is 17.5 Å². The van der Waals surface area contributed by atoms with Crippen LogP contribution in [-0.2, 0) is 6.42 Å². The number of aromatic nitrogens is 2. The lowest BCUT2D eigenvalue weighted by molar-refractivity contribution is 0.340. The Hall–Kier alpha value is -3.28. The van der Waals surface area contributed by atoms with E-state index in [1.165, 1.54) is 0 Å². The summed E-state index contributed by atoms with van der Waals surface area (Å²) in [5.41, 5.74) is 2.97. The molecule has 146 valence electrons. The van der Waals surface area contributed by atoms with E-state index in [4.69, 9.17) is 9.47 Å². The number of nitrogens with zero attached hydrogens (tertiary/aromatic N) is 2. The Kier molecular flexibility index (Phi) is 6.68. The van der Waals surface area contributed by atoms with Crippen LogP contribution in [0.5, 0.6) is 11.5 Å². The van der Waals surface area contributed by atoms with Crippen LogP contribution in [0.15, 0.2) is 54.6 Å². The molecule has 2 aromatic carbocycles. The van der Waals surface area contributed by atoms with Crippen LogP contribution in [0.4, 0.5) is 17.5 Å². The summed E-state index contributed by atoms with van der Waals surface area (Å²) in [5.74, 6) is 3.10. The predicted molar refractivity (Wildman–Crippen MR) is 113 cm³/mol. The Morgan fingerprint density at radius 2 is 1.79 bits per heavy atom. The minimum absolute atomic E-state index is 0.559. The van der Waals surface area contributed by atoms with E-state index in [-0.39, 0.29) is 0 Å². The van der Waals surface area contributed by atoms with E-state index in [1.807, 2.05) is 62.4 Å². The number of anilines is 3. The zero-order valence-corrected chi connectivity index (χ0v) is 16.5. The minimum Gasteiger partial charge on any atom is -0.496 e. The summed E-state index contributed by atoms with van der Waals surface area (Å²) >= 11 is 0. The van der Waals surface area contributed by atoms with Crippen LogP contribution in [0.25, 0.3) is 0 Å². The molecule has 0 radical (unpaired) electrons. The molecule has 0 amide bonds. The van der Waals surface area contributed by atoms with E-state index < -0.39 is 0 Å². The second-order valence-corrected chi connectivity index (χ2v) is 6.29. The third kappa shape index (κ3) is 5.36. The molecular weight excluding hydrogens is 352 g/mol. The molecule has 3 rings (SSSR count). The highest BCUT2D eigenvalue weighted by Gasteiger charge is 2.05. The van der Waals surface area contributed by atoms with Crippen LogP contribution in [0.1, 0.15) is 18.2 Å². The molecule has 0 fully saturated rings. The molecule has 2 N–H and O–H groups in total. The van der Waals surface area contributed by atoms with Gasteiger partial charge in [0.05, 0.1) is 13.7 Å². The first-order valence-electron chi connectivity index (χ1n) is 9.39. The Morgan fingerprint density at radius 1 is 1.00 bits per heavy atom. The van der Waals surface area contributed by atoms with Crippen LogP contribution in [0.3, 0.4) is 0 Å². The number of rotatable bonds is 9. The second kappa shape index (κ2) is 9.60. The van der Waals surface area contributed by atoms with Crippen LogP contribution >= 0.6 is 0 Å². The quantitative estimate of drug-likeness (QED) is 0.568. The van der Waals surface area contributed by atoms with Gasteiger partial charge < -0.3 is 20.1 Å². The molecule has 0 aliphatic carbocycles. The lowest BCUT2D eigenvalue weighted by atomic mass is 10.1. The Morgan fingerprint density at radius 3 is 2.54 bits per heavy atom. The standard InChI is InChI=1S/C22H26N4O2/c1-4-28-19-11-9-18(10-12-19)25-22-24-16(2)15-21(26-22)23-14-13-17-7-5-6-8-20(17)27-3/h5-12,15H,4,13-14H2,1-3H3,(H2,23,24,25,26). The Balaban J connectivity index is 1.62. The van der Waals surface area contributed by atoms with Gasteiger partial charge in [-0.25, -0.2) is 4.98 Å². The highest BCUT2D eigenvalue weighted by atomic mass is 16.5. The number of para-hydroxylation sites is 1. The van der Waals surface area contributed by atoms with Crippen molar-refractivity contribution in [3.63, 3.8) is 0 Å². The molecule has 1 heterocycles. The van der Waals surface area contributed by atoms with E-state index in [0.717, 1.165) is 47.2 Å². The van der Waals surface area contributed by atoms with Gasteiger partial charge in [0.25, 0.3) is 0 Å². The van der Waals surface area contributed by atoms with Gasteiger partial charge in [0.15, 0.2) is 0 Å². The molecule has 0 bridgehead atoms. The van der Waals surface area contributed by atoms with Crippen molar-refractivity contribution < 1.29 is 9.47 Å². The second-order valence-electron chi connectivity index (χ2n) is 6.29. The summed E-state index contributed by atoms with van der Waals surface area (Å²) in [6.45, 7) is 5.32. The predicted octanol–water partition coefficient (Wildman–Crippen LogP) is 4.59. The number of hydrogen-bond acceptors (Lipinski definition) is 6. The van der Waals surface area contributed by atoms with Crippen LogP contribution < -0.4 is 20.1 Å². The number of methoxy groups -OCH3 is 1. The van der Waals surface area contributed by atoms with E-state index in [2.05, 4.69) is 26.7 Å². The summed E-state index contributed by atoms with van der Waals surface area (Å²) < 4.78 is 10.9. The summed E-state index contributed by atoms with van der Waals surface area (Å²) in [7, 11) is 1.69. The first-order chi connectivity index (χ1) is 13.7. The van der Waals surface area contributed by atoms with Gasteiger partial charge >= 0.3 is 0 Å². The fourth-order valence-electron chi connectivity index (χ4n) is 2.88. The molecule has 0 unspecified atom stereocenters. The van der Waals surface area contributed by atoms with E-state index in [0.29, 0.717) is 12.6 Å². The average Bonchev–Trinajstić information content (AvgIpc) is 2.70. The van der Waals surface area contributed by atoms with Gasteiger partial charge in [0.2, 0.25) is 5.95 Å². The van der Waals surface area contributed by atoms with Crippen LogP contribution in [-0.4, -0.2) is 30.2 Å². The molecule has 0 atom stereocenters. The molecule has 6 heteroatoms.